The first-order valence-electron chi connectivity index (χ1n) is 8.13. The second kappa shape index (κ2) is 6.64. The van der Waals surface area contributed by atoms with Crippen molar-refractivity contribution < 1.29 is 0 Å². The predicted octanol–water partition coefficient (Wildman–Crippen LogP) is 4.90. The molecule has 1 aliphatic carbocycles. The van der Waals surface area contributed by atoms with E-state index in [0.29, 0.717) is 10.4 Å². The summed E-state index contributed by atoms with van der Waals surface area (Å²) in [5.74, 6) is 2.18. The summed E-state index contributed by atoms with van der Waals surface area (Å²) in [5.41, 5.74) is 0.707. The van der Waals surface area contributed by atoms with Crippen LogP contribution in [0.1, 0.15) is 83.7 Å². The summed E-state index contributed by atoms with van der Waals surface area (Å²) < 4.78 is 0.582. The summed E-state index contributed by atoms with van der Waals surface area (Å²) in [4.78, 5) is 20.0. The van der Waals surface area contributed by atoms with Crippen molar-refractivity contribution in [3.05, 3.63) is 26.3 Å². The van der Waals surface area contributed by atoms with E-state index in [9.17, 15) is 4.79 Å². The highest BCUT2D eigenvalue weighted by Gasteiger charge is 2.27. The lowest BCUT2D eigenvalue weighted by Crippen LogP contribution is -2.26. The fourth-order valence-corrected chi connectivity index (χ4v) is 4.08. The van der Waals surface area contributed by atoms with Gasteiger partial charge in [-0.1, -0.05) is 40.5 Å². The molecule has 0 bridgehead atoms. The Bertz CT molecular complexity index is 537. The van der Waals surface area contributed by atoms with Gasteiger partial charge in [-0.3, -0.25) is 4.79 Å². The average Bonchev–Trinajstić information content (AvgIpc) is 2.41. The van der Waals surface area contributed by atoms with Crippen LogP contribution in [0.5, 0.6) is 0 Å². The van der Waals surface area contributed by atoms with Gasteiger partial charge in [0.05, 0.1) is 5.69 Å². The van der Waals surface area contributed by atoms with Gasteiger partial charge < -0.3 is 4.98 Å². The van der Waals surface area contributed by atoms with Crippen molar-refractivity contribution in [2.24, 2.45) is 5.92 Å². The van der Waals surface area contributed by atoms with E-state index in [4.69, 9.17) is 4.98 Å². The number of hydrogen-bond acceptors (Lipinski definition) is 2. The lowest BCUT2D eigenvalue weighted by Gasteiger charge is -2.28. The molecule has 1 aliphatic rings. The molecule has 0 saturated heterocycles. The topological polar surface area (TPSA) is 45.8 Å². The van der Waals surface area contributed by atoms with Crippen molar-refractivity contribution in [3.63, 3.8) is 0 Å². The van der Waals surface area contributed by atoms with E-state index in [1.54, 1.807) is 0 Å². The Morgan fingerprint density at radius 1 is 1.24 bits per heavy atom. The van der Waals surface area contributed by atoms with Crippen molar-refractivity contribution in [1.29, 1.82) is 0 Å². The fraction of sp³-hybridized carbons (Fsp3) is 0.765. The van der Waals surface area contributed by atoms with Crippen molar-refractivity contribution in [3.8, 4) is 0 Å². The molecule has 1 aromatic rings. The van der Waals surface area contributed by atoms with Gasteiger partial charge >= 0.3 is 0 Å². The lowest BCUT2D eigenvalue weighted by atomic mass is 9.79. The maximum atomic E-state index is 12.2. The number of H-pyrrole nitrogens is 1. The standard InChI is InChI=1S/C17H27BrN2O/c1-5-6-11-7-9-12(10-8-11)15-19-14(17(2,3)4)13(18)16(21)20-15/h11-12H,5-10H2,1-4H3,(H,19,20,21). The Balaban J connectivity index is 2.22. The van der Waals surface area contributed by atoms with Crippen LogP contribution in [-0.2, 0) is 5.41 Å². The first-order valence-corrected chi connectivity index (χ1v) is 8.92. The summed E-state index contributed by atoms with van der Waals surface area (Å²) in [6, 6.07) is 0. The molecule has 0 spiro atoms. The Hall–Kier alpha value is -0.640. The Labute approximate surface area is 136 Å². The van der Waals surface area contributed by atoms with Crippen molar-refractivity contribution in [2.75, 3.05) is 0 Å². The third-order valence-electron chi connectivity index (χ3n) is 4.52. The molecule has 1 fully saturated rings. The van der Waals surface area contributed by atoms with Crippen LogP contribution >= 0.6 is 15.9 Å². The molecule has 0 amide bonds. The molecule has 118 valence electrons. The minimum atomic E-state index is -0.124. The number of rotatable bonds is 3. The lowest BCUT2D eigenvalue weighted by molar-refractivity contribution is 0.301. The Kier molecular flexibility index (Phi) is 5.29. The first-order chi connectivity index (χ1) is 9.82. The van der Waals surface area contributed by atoms with Gasteiger partial charge in [0.25, 0.3) is 5.56 Å². The quantitative estimate of drug-likeness (QED) is 0.838. The second-order valence-corrected chi connectivity index (χ2v) is 8.16. The molecule has 1 heterocycles. The molecule has 0 unspecified atom stereocenters. The number of aromatic amines is 1. The largest absolute Gasteiger partial charge is 0.309 e. The van der Waals surface area contributed by atoms with Crippen LogP contribution in [-0.4, -0.2) is 9.97 Å². The fourth-order valence-electron chi connectivity index (χ4n) is 3.30. The normalized spacial score (nSPS) is 23.3. The maximum Gasteiger partial charge on any atom is 0.265 e. The monoisotopic (exact) mass is 354 g/mol. The summed E-state index contributed by atoms with van der Waals surface area (Å²) >= 11 is 3.40. The number of nitrogens with one attached hydrogen (secondary N) is 1. The van der Waals surface area contributed by atoms with Crippen LogP contribution in [0.25, 0.3) is 0 Å². The zero-order valence-corrected chi connectivity index (χ0v) is 15.2. The van der Waals surface area contributed by atoms with Gasteiger partial charge in [0.2, 0.25) is 0 Å². The Morgan fingerprint density at radius 3 is 2.38 bits per heavy atom. The smallest absolute Gasteiger partial charge is 0.265 e. The molecule has 2 rings (SSSR count). The van der Waals surface area contributed by atoms with E-state index in [1.807, 2.05) is 0 Å². The zero-order chi connectivity index (χ0) is 15.6. The summed E-state index contributed by atoms with van der Waals surface area (Å²) in [7, 11) is 0. The molecule has 0 radical (unpaired) electrons. The van der Waals surface area contributed by atoms with Gasteiger partial charge in [0.1, 0.15) is 10.3 Å². The van der Waals surface area contributed by atoms with E-state index < -0.39 is 0 Å². The summed E-state index contributed by atoms with van der Waals surface area (Å²) in [6.07, 6.45) is 7.45. The van der Waals surface area contributed by atoms with Gasteiger partial charge in [-0.2, -0.15) is 0 Å². The van der Waals surface area contributed by atoms with Crippen LogP contribution in [0.2, 0.25) is 0 Å². The minimum absolute atomic E-state index is 0.0411. The molecule has 0 aromatic carbocycles. The third-order valence-corrected chi connectivity index (χ3v) is 5.26. The molecular weight excluding hydrogens is 328 g/mol. The highest BCUT2D eigenvalue weighted by atomic mass is 79.9. The van der Waals surface area contributed by atoms with Gasteiger partial charge in [0.15, 0.2) is 0 Å². The Morgan fingerprint density at radius 2 is 1.86 bits per heavy atom. The maximum absolute atomic E-state index is 12.2. The van der Waals surface area contributed by atoms with Crippen molar-refractivity contribution in [2.45, 2.75) is 77.6 Å². The molecule has 1 saturated carbocycles. The minimum Gasteiger partial charge on any atom is -0.309 e. The molecule has 0 aliphatic heterocycles. The number of aromatic nitrogens is 2. The van der Waals surface area contributed by atoms with E-state index in [2.05, 4.69) is 48.6 Å². The highest BCUT2D eigenvalue weighted by Crippen LogP contribution is 2.37. The van der Waals surface area contributed by atoms with Gasteiger partial charge in [-0.15, -0.1) is 0 Å². The SMILES string of the molecule is CCCC1CCC(c2nc(C(C)(C)C)c(Br)c(=O)[nH]2)CC1. The molecule has 0 atom stereocenters. The van der Waals surface area contributed by atoms with E-state index in [-0.39, 0.29) is 11.0 Å². The molecule has 21 heavy (non-hydrogen) atoms. The highest BCUT2D eigenvalue weighted by molar-refractivity contribution is 9.10. The molecule has 3 nitrogen and oxygen atoms in total. The summed E-state index contributed by atoms with van der Waals surface area (Å²) in [5, 5.41) is 0. The predicted molar refractivity (Wildman–Crippen MR) is 90.9 cm³/mol. The number of nitrogens with zero attached hydrogens (tertiary/aromatic N) is 1. The molecule has 1 aromatic heterocycles. The van der Waals surface area contributed by atoms with Crippen molar-refractivity contribution >= 4 is 15.9 Å². The molecule has 4 heteroatoms. The van der Waals surface area contributed by atoms with Crippen LogP contribution in [0.4, 0.5) is 0 Å². The van der Waals surface area contributed by atoms with Crippen LogP contribution in [0, 0.1) is 5.92 Å². The van der Waals surface area contributed by atoms with E-state index >= 15 is 0 Å². The van der Waals surface area contributed by atoms with Crippen LogP contribution < -0.4 is 5.56 Å². The third kappa shape index (κ3) is 3.97. The van der Waals surface area contributed by atoms with Gasteiger partial charge in [-0.25, -0.2) is 4.98 Å². The van der Waals surface area contributed by atoms with E-state index in [1.165, 1.54) is 25.7 Å². The van der Waals surface area contributed by atoms with E-state index in [0.717, 1.165) is 30.3 Å². The first kappa shape index (κ1) is 16.7. The molecule has 1 N–H and O–H groups in total. The zero-order valence-electron chi connectivity index (χ0n) is 13.6. The summed E-state index contributed by atoms with van der Waals surface area (Å²) in [6.45, 7) is 8.56. The molecular formula is C17H27BrN2O. The number of halogens is 1. The van der Waals surface area contributed by atoms with Crippen molar-refractivity contribution in [1.82, 2.24) is 9.97 Å². The van der Waals surface area contributed by atoms with Crippen LogP contribution in [0.3, 0.4) is 0 Å². The van der Waals surface area contributed by atoms with Crippen LogP contribution in [0.15, 0.2) is 9.27 Å². The number of hydrogen-bond donors (Lipinski definition) is 1. The average molecular weight is 355 g/mol. The second-order valence-electron chi connectivity index (χ2n) is 7.37. The van der Waals surface area contributed by atoms with Gasteiger partial charge in [-0.05, 0) is 47.5 Å². The van der Waals surface area contributed by atoms with Gasteiger partial charge in [0, 0.05) is 11.3 Å².